The Kier molecular flexibility index (Phi) is 2.94. The van der Waals surface area contributed by atoms with Gasteiger partial charge in [-0.25, -0.2) is 0 Å². The van der Waals surface area contributed by atoms with Crippen molar-refractivity contribution >= 4 is 0 Å². The lowest BCUT2D eigenvalue weighted by Gasteiger charge is -2.54. The van der Waals surface area contributed by atoms with Crippen molar-refractivity contribution in [3.8, 4) is 0 Å². The van der Waals surface area contributed by atoms with Gasteiger partial charge in [-0.3, -0.25) is 4.90 Å². The first kappa shape index (κ1) is 11.9. The van der Waals surface area contributed by atoms with Crippen LogP contribution < -0.4 is 0 Å². The highest BCUT2D eigenvalue weighted by atomic mass is 16.5. The van der Waals surface area contributed by atoms with E-state index in [2.05, 4.69) is 4.90 Å². The van der Waals surface area contributed by atoms with Gasteiger partial charge in [-0.05, 0) is 19.8 Å². The number of rotatable bonds is 2. The Balaban J connectivity index is 1.52. The molecule has 1 N–H and O–H groups in total. The molecule has 0 radical (unpaired) electrons. The van der Waals surface area contributed by atoms with Crippen LogP contribution in [0.1, 0.15) is 26.2 Å². The molecule has 0 saturated carbocycles. The minimum absolute atomic E-state index is 0.0197. The number of β-amino-alcohol motifs (C(OH)–C–C–N with tert-alkyl or cyclic N) is 1. The Morgan fingerprint density at radius 3 is 2.47 bits per heavy atom. The van der Waals surface area contributed by atoms with Gasteiger partial charge in [0.2, 0.25) is 0 Å². The summed E-state index contributed by atoms with van der Waals surface area (Å²) in [6.45, 7) is 7.55. The first-order chi connectivity index (χ1) is 8.12. The third-order valence-electron chi connectivity index (χ3n) is 4.83. The van der Waals surface area contributed by atoms with Crippen LogP contribution in [0.15, 0.2) is 0 Å². The molecule has 3 aliphatic heterocycles. The zero-order valence-electron chi connectivity index (χ0n) is 10.7. The van der Waals surface area contributed by atoms with Crippen molar-refractivity contribution in [3.05, 3.63) is 0 Å². The van der Waals surface area contributed by atoms with E-state index in [-0.39, 0.29) is 6.10 Å². The van der Waals surface area contributed by atoms with E-state index in [0.29, 0.717) is 12.0 Å². The molecule has 2 atom stereocenters. The zero-order chi connectivity index (χ0) is 11.9. The van der Waals surface area contributed by atoms with E-state index in [4.69, 9.17) is 9.47 Å². The van der Waals surface area contributed by atoms with E-state index < -0.39 is 5.60 Å². The fourth-order valence-corrected chi connectivity index (χ4v) is 3.50. The molecule has 0 aromatic rings. The number of hydrogen-bond donors (Lipinski definition) is 1. The maximum atomic E-state index is 10.5. The average molecular weight is 241 g/mol. The summed E-state index contributed by atoms with van der Waals surface area (Å²) in [6.07, 6.45) is 3.14. The van der Waals surface area contributed by atoms with Crippen LogP contribution in [0.3, 0.4) is 0 Å². The van der Waals surface area contributed by atoms with Crippen LogP contribution in [0, 0.1) is 5.41 Å². The second kappa shape index (κ2) is 4.19. The fraction of sp³-hybridized carbons (Fsp3) is 1.00. The van der Waals surface area contributed by atoms with Gasteiger partial charge < -0.3 is 14.6 Å². The van der Waals surface area contributed by atoms with Crippen LogP contribution in [-0.2, 0) is 9.47 Å². The number of hydrogen-bond acceptors (Lipinski definition) is 4. The molecule has 4 heteroatoms. The Morgan fingerprint density at radius 2 is 1.88 bits per heavy atom. The number of ether oxygens (including phenoxy) is 2. The van der Waals surface area contributed by atoms with Gasteiger partial charge in [-0.1, -0.05) is 0 Å². The summed E-state index contributed by atoms with van der Waals surface area (Å²) in [4.78, 5) is 2.39. The molecule has 3 aliphatic rings. The molecule has 0 bridgehead atoms. The predicted octanol–water partition coefficient (Wildman–Crippen LogP) is 0.639. The quantitative estimate of drug-likeness (QED) is 0.770. The van der Waals surface area contributed by atoms with E-state index in [9.17, 15) is 5.11 Å². The van der Waals surface area contributed by atoms with Crippen molar-refractivity contribution in [1.82, 2.24) is 4.90 Å². The molecule has 4 nitrogen and oxygen atoms in total. The summed E-state index contributed by atoms with van der Waals surface area (Å²) in [5, 5.41) is 10.5. The summed E-state index contributed by atoms with van der Waals surface area (Å²) >= 11 is 0. The lowest BCUT2D eigenvalue weighted by molar-refractivity contribution is -0.120. The lowest BCUT2D eigenvalue weighted by Crippen LogP contribution is -2.62. The zero-order valence-corrected chi connectivity index (χ0v) is 10.7. The fourth-order valence-electron chi connectivity index (χ4n) is 3.50. The van der Waals surface area contributed by atoms with Gasteiger partial charge in [0.15, 0.2) is 0 Å². The minimum atomic E-state index is -0.618. The maximum Gasteiger partial charge on any atom is 0.105 e. The first-order valence-corrected chi connectivity index (χ1v) is 6.76. The molecular weight excluding hydrogens is 218 g/mol. The van der Waals surface area contributed by atoms with E-state index in [0.717, 1.165) is 39.3 Å². The molecule has 2 unspecified atom stereocenters. The standard InChI is InChI=1S/C13H23NO3/c1-11-13(15,4-7-17-11)10-14-8-12(9-14)2-5-16-6-3-12/h11,15H,2-10H2,1H3. The molecule has 3 heterocycles. The Labute approximate surface area is 103 Å². The van der Waals surface area contributed by atoms with Crippen LogP contribution in [0.2, 0.25) is 0 Å². The maximum absolute atomic E-state index is 10.5. The molecule has 17 heavy (non-hydrogen) atoms. The highest BCUT2D eigenvalue weighted by Gasteiger charge is 2.48. The first-order valence-electron chi connectivity index (χ1n) is 6.76. The number of nitrogens with zero attached hydrogens (tertiary/aromatic N) is 1. The molecule has 3 rings (SSSR count). The van der Waals surface area contributed by atoms with Crippen molar-refractivity contribution in [3.63, 3.8) is 0 Å². The van der Waals surface area contributed by atoms with Crippen LogP contribution in [0.25, 0.3) is 0 Å². The summed E-state index contributed by atoms with van der Waals surface area (Å²) in [6, 6.07) is 0. The third-order valence-corrected chi connectivity index (χ3v) is 4.83. The molecule has 3 saturated heterocycles. The second-order valence-electron chi connectivity index (χ2n) is 6.12. The SMILES string of the molecule is CC1OCCC1(O)CN1CC2(CCOCC2)C1. The van der Waals surface area contributed by atoms with Gasteiger partial charge in [0.25, 0.3) is 0 Å². The predicted molar refractivity (Wildman–Crippen MR) is 63.9 cm³/mol. The van der Waals surface area contributed by atoms with Crippen molar-refractivity contribution in [1.29, 1.82) is 0 Å². The smallest absolute Gasteiger partial charge is 0.105 e. The minimum Gasteiger partial charge on any atom is -0.386 e. The molecule has 0 amide bonds. The Bertz CT molecular complexity index is 282. The van der Waals surface area contributed by atoms with Crippen molar-refractivity contribution in [2.24, 2.45) is 5.41 Å². The molecule has 3 fully saturated rings. The van der Waals surface area contributed by atoms with Gasteiger partial charge in [0.05, 0.1) is 6.10 Å². The van der Waals surface area contributed by atoms with Gasteiger partial charge in [-0.2, -0.15) is 0 Å². The lowest BCUT2D eigenvalue weighted by atomic mass is 9.73. The largest absolute Gasteiger partial charge is 0.386 e. The molecule has 0 aliphatic carbocycles. The summed E-state index contributed by atoms with van der Waals surface area (Å²) < 4.78 is 10.9. The van der Waals surface area contributed by atoms with Gasteiger partial charge in [-0.15, -0.1) is 0 Å². The summed E-state index contributed by atoms with van der Waals surface area (Å²) in [5.41, 5.74) is -0.121. The van der Waals surface area contributed by atoms with Crippen LogP contribution in [-0.4, -0.2) is 61.2 Å². The molecule has 0 aromatic carbocycles. The highest BCUT2D eigenvalue weighted by molar-refractivity contribution is 5.01. The van der Waals surface area contributed by atoms with Crippen LogP contribution in [0.5, 0.6) is 0 Å². The van der Waals surface area contributed by atoms with E-state index >= 15 is 0 Å². The van der Waals surface area contributed by atoms with Crippen LogP contribution >= 0.6 is 0 Å². The molecule has 0 aromatic heterocycles. The van der Waals surface area contributed by atoms with Gasteiger partial charge in [0.1, 0.15) is 5.60 Å². The Hall–Kier alpha value is -0.160. The van der Waals surface area contributed by atoms with Crippen LogP contribution in [0.4, 0.5) is 0 Å². The third kappa shape index (κ3) is 2.12. The molecular formula is C13H23NO3. The summed E-state index contributed by atoms with van der Waals surface area (Å²) in [7, 11) is 0. The van der Waals surface area contributed by atoms with E-state index in [1.165, 1.54) is 12.8 Å². The van der Waals surface area contributed by atoms with E-state index in [1.54, 1.807) is 0 Å². The molecule has 98 valence electrons. The normalized spacial score (nSPS) is 41.6. The van der Waals surface area contributed by atoms with Gasteiger partial charge in [0, 0.05) is 51.3 Å². The van der Waals surface area contributed by atoms with Crippen molar-refractivity contribution in [2.75, 3.05) is 39.5 Å². The molecule has 1 spiro atoms. The van der Waals surface area contributed by atoms with Gasteiger partial charge >= 0.3 is 0 Å². The number of aliphatic hydroxyl groups is 1. The van der Waals surface area contributed by atoms with Crippen molar-refractivity contribution < 1.29 is 14.6 Å². The monoisotopic (exact) mass is 241 g/mol. The second-order valence-corrected chi connectivity index (χ2v) is 6.12. The van der Waals surface area contributed by atoms with Crippen molar-refractivity contribution in [2.45, 2.75) is 37.9 Å². The van der Waals surface area contributed by atoms with E-state index in [1.807, 2.05) is 6.92 Å². The number of likely N-dealkylation sites (tertiary alicyclic amines) is 1. The summed E-state index contributed by atoms with van der Waals surface area (Å²) in [5.74, 6) is 0. The highest BCUT2D eigenvalue weighted by Crippen LogP contribution is 2.41. The average Bonchev–Trinajstić information content (AvgIpc) is 2.58. The topological polar surface area (TPSA) is 41.9 Å². The Morgan fingerprint density at radius 1 is 1.18 bits per heavy atom.